The molecule has 0 saturated heterocycles. The van der Waals surface area contributed by atoms with Gasteiger partial charge in [-0.2, -0.15) is 0 Å². The molecule has 0 aliphatic heterocycles. The van der Waals surface area contributed by atoms with Crippen LogP contribution in [0, 0.1) is 0 Å². The molecular formula is C39H44ClN3O2. The van der Waals surface area contributed by atoms with Crippen molar-refractivity contribution in [1.29, 1.82) is 0 Å². The van der Waals surface area contributed by atoms with Crippen LogP contribution in [0.15, 0.2) is 103 Å². The number of imidazole rings is 1. The lowest BCUT2D eigenvalue weighted by Crippen LogP contribution is -2.26. The predicted octanol–water partition coefficient (Wildman–Crippen LogP) is 10.1. The molecule has 5 nitrogen and oxygen atoms in total. The van der Waals surface area contributed by atoms with Crippen molar-refractivity contribution in [2.45, 2.75) is 65.8 Å². The van der Waals surface area contributed by atoms with Gasteiger partial charge in [0.25, 0.3) is 0 Å². The standard InChI is InChI=1S/C39H44ClN3O2/c1-4-6-24-42(27-31-18-23-36(44-3)37(26-31)45-29-30-14-10-8-11-15-30)28-35-38(32-19-21-34(40)22-20-32)41-39(43(35)25-7-5-2)33-16-12-9-13-17-33/h8-23,26H,4-7,24-25,27-29H2,1-3H3. The molecule has 234 valence electrons. The predicted molar refractivity (Wildman–Crippen MR) is 186 cm³/mol. The average molecular weight is 622 g/mol. The molecule has 5 aromatic rings. The van der Waals surface area contributed by atoms with Crippen LogP contribution in [0.5, 0.6) is 11.5 Å². The van der Waals surface area contributed by atoms with E-state index in [2.05, 4.69) is 90.0 Å². The summed E-state index contributed by atoms with van der Waals surface area (Å²) in [5.74, 6) is 2.51. The Morgan fingerprint density at radius 3 is 2.13 bits per heavy atom. The molecule has 0 aliphatic rings. The zero-order chi connectivity index (χ0) is 31.4. The van der Waals surface area contributed by atoms with Gasteiger partial charge in [-0.15, -0.1) is 0 Å². The molecule has 0 bridgehead atoms. The Morgan fingerprint density at radius 1 is 0.733 bits per heavy atom. The topological polar surface area (TPSA) is 39.5 Å². The third-order valence-corrected chi connectivity index (χ3v) is 8.28. The summed E-state index contributed by atoms with van der Waals surface area (Å²) in [7, 11) is 1.69. The van der Waals surface area contributed by atoms with Gasteiger partial charge in [-0.1, -0.05) is 117 Å². The first-order valence-corrected chi connectivity index (χ1v) is 16.4. The second kappa shape index (κ2) is 16.3. The van der Waals surface area contributed by atoms with E-state index in [0.29, 0.717) is 6.61 Å². The Balaban J connectivity index is 1.50. The van der Waals surface area contributed by atoms with E-state index in [1.807, 2.05) is 36.4 Å². The van der Waals surface area contributed by atoms with Crippen LogP contribution < -0.4 is 9.47 Å². The zero-order valence-corrected chi connectivity index (χ0v) is 27.5. The maximum Gasteiger partial charge on any atom is 0.161 e. The maximum atomic E-state index is 6.31. The third-order valence-electron chi connectivity index (χ3n) is 8.03. The van der Waals surface area contributed by atoms with E-state index >= 15 is 0 Å². The molecule has 0 aliphatic carbocycles. The summed E-state index contributed by atoms with van der Waals surface area (Å²) in [5, 5.41) is 0.725. The number of rotatable bonds is 16. The number of ether oxygens (including phenoxy) is 2. The zero-order valence-electron chi connectivity index (χ0n) is 26.7. The molecule has 0 unspecified atom stereocenters. The monoisotopic (exact) mass is 621 g/mol. The van der Waals surface area contributed by atoms with Crippen LogP contribution in [-0.4, -0.2) is 28.1 Å². The molecule has 0 N–H and O–H groups in total. The van der Waals surface area contributed by atoms with Gasteiger partial charge in [-0.25, -0.2) is 4.98 Å². The van der Waals surface area contributed by atoms with Crippen LogP contribution >= 0.6 is 11.6 Å². The number of unbranched alkanes of at least 4 members (excludes halogenated alkanes) is 2. The molecule has 5 rings (SSSR count). The van der Waals surface area contributed by atoms with Crippen molar-refractivity contribution in [3.05, 3.63) is 125 Å². The van der Waals surface area contributed by atoms with Crippen molar-refractivity contribution in [2.75, 3.05) is 13.7 Å². The van der Waals surface area contributed by atoms with Crippen molar-refractivity contribution in [2.24, 2.45) is 0 Å². The van der Waals surface area contributed by atoms with Gasteiger partial charge in [0.1, 0.15) is 12.4 Å². The lowest BCUT2D eigenvalue weighted by Gasteiger charge is -2.25. The van der Waals surface area contributed by atoms with Gasteiger partial charge in [0, 0.05) is 35.8 Å². The molecule has 0 fully saturated rings. The number of hydrogen-bond acceptors (Lipinski definition) is 4. The van der Waals surface area contributed by atoms with Crippen molar-refractivity contribution in [1.82, 2.24) is 14.5 Å². The largest absolute Gasteiger partial charge is 0.493 e. The van der Waals surface area contributed by atoms with E-state index < -0.39 is 0 Å². The van der Waals surface area contributed by atoms with Gasteiger partial charge in [-0.05, 0) is 54.8 Å². The summed E-state index contributed by atoms with van der Waals surface area (Å²) in [6, 6.07) is 35.2. The van der Waals surface area contributed by atoms with Gasteiger partial charge >= 0.3 is 0 Å². The van der Waals surface area contributed by atoms with Gasteiger partial charge in [0.15, 0.2) is 11.5 Å². The fourth-order valence-corrected chi connectivity index (χ4v) is 5.71. The molecule has 0 saturated carbocycles. The van der Waals surface area contributed by atoms with Crippen LogP contribution in [0.25, 0.3) is 22.6 Å². The summed E-state index contributed by atoms with van der Waals surface area (Å²) in [6.45, 7) is 8.43. The molecule has 4 aromatic carbocycles. The summed E-state index contributed by atoms with van der Waals surface area (Å²) in [5.41, 5.74) is 6.77. The highest BCUT2D eigenvalue weighted by Gasteiger charge is 2.22. The summed E-state index contributed by atoms with van der Waals surface area (Å²) < 4.78 is 14.4. The highest BCUT2D eigenvalue weighted by atomic mass is 35.5. The fraction of sp³-hybridized carbons (Fsp3) is 0.308. The molecule has 0 radical (unpaired) electrons. The number of hydrogen-bond donors (Lipinski definition) is 0. The Labute approximate surface area is 273 Å². The van der Waals surface area contributed by atoms with Gasteiger partial charge in [0.05, 0.1) is 18.5 Å². The molecule has 45 heavy (non-hydrogen) atoms. The minimum absolute atomic E-state index is 0.490. The minimum atomic E-state index is 0.490. The molecule has 0 atom stereocenters. The Kier molecular flexibility index (Phi) is 11.7. The van der Waals surface area contributed by atoms with Crippen molar-refractivity contribution < 1.29 is 9.47 Å². The first-order valence-electron chi connectivity index (χ1n) is 16.1. The average Bonchev–Trinajstić information content (AvgIpc) is 3.44. The number of aromatic nitrogens is 2. The first-order chi connectivity index (χ1) is 22.1. The molecular weight excluding hydrogens is 578 g/mol. The van der Waals surface area contributed by atoms with E-state index in [9.17, 15) is 0 Å². The molecule has 1 heterocycles. The molecule has 0 spiro atoms. The second-order valence-corrected chi connectivity index (χ2v) is 11.9. The highest BCUT2D eigenvalue weighted by Crippen LogP contribution is 2.33. The smallest absolute Gasteiger partial charge is 0.161 e. The van der Waals surface area contributed by atoms with Crippen LogP contribution in [0.3, 0.4) is 0 Å². The number of benzene rings is 4. The van der Waals surface area contributed by atoms with Crippen molar-refractivity contribution in [3.8, 4) is 34.1 Å². The number of nitrogens with zero attached hydrogens (tertiary/aromatic N) is 3. The second-order valence-electron chi connectivity index (χ2n) is 11.4. The molecule has 0 amide bonds. The summed E-state index contributed by atoms with van der Waals surface area (Å²) >= 11 is 6.31. The van der Waals surface area contributed by atoms with E-state index in [1.54, 1.807) is 7.11 Å². The molecule has 1 aromatic heterocycles. The van der Waals surface area contributed by atoms with E-state index in [4.69, 9.17) is 26.1 Å². The number of halogens is 1. The normalized spacial score (nSPS) is 11.2. The minimum Gasteiger partial charge on any atom is -0.493 e. The van der Waals surface area contributed by atoms with Gasteiger partial charge in [0.2, 0.25) is 0 Å². The van der Waals surface area contributed by atoms with E-state index in [0.717, 1.165) is 96.6 Å². The van der Waals surface area contributed by atoms with Crippen LogP contribution in [0.1, 0.15) is 56.4 Å². The van der Waals surface area contributed by atoms with Crippen LogP contribution in [0.4, 0.5) is 0 Å². The summed E-state index contributed by atoms with van der Waals surface area (Å²) in [4.78, 5) is 7.86. The Morgan fingerprint density at radius 2 is 1.44 bits per heavy atom. The van der Waals surface area contributed by atoms with Crippen molar-refractivity contribution >= 4 is 11.6 Å². The SMILES string of the molecule is CCCCN(Cc1ccc(OC)c(OCc2ccccc2)c1)Cc1c(-c2ccc(Cl)cc2)nc(-c2ccccc2)n1CCCC. The number of methoxy groups -OCH3 is 1. The highest BCUT2D eigenvalue weighted by molar-refractivity contribution is 6.30. The lowest BCUT2D eigenvalue weighted by atomic mass is 10.1. The quantitative estimate of drug-likeness (QED) is 0.110. The van der Waals surface area contributed by atoms with Gasteiger partial charge in [-0.3, -0.25) is 4.90 Å². The fourth-order valence-electron chi connectivity index (χ4n) is 5.58. The lowest BCUT2D eigenvalue weighted by molar-refractivity contribution is 0.244. The van der Waals surface area contributed by atoms with Gasteiger partial charge < -0.3 is 14.0 Å². The summed E-state index contributed by atoms with van der Waals surface area (Å²) in [6.07, 6.45) is 4.43. The first kappa shape index (κ1) is 32.3. The Bertz CT molecular complexity index is 1620. The van der Waals surface area contributed by atoms with E-state index in [1.165, 1.54) is 11.3 Å². The van der Waals surface area contributed by atoms with Crippen molar-refractivity contribution in [3.63, 3.8) is 0 Å². The molecule has 6 heteroatoms. The maximum absolute atomic E-state index is 6.31. The van der Waals surface area contributed by atoms with E-state index in [-0.39, 0.29) is 0 Å². The van der Waals surface area contributed by atoms with Crippen LogP contribution in [-0.2, 0) is 26.2 Å². The third kappa shape index (κ3) is 8.56. The van der Waals surface area contributed by atoms with Crippen LogP contribution in [0.2, 0.25) is 5.02 Å². The Hall–Kier alpha value is -4.06.